The van der Waals surface area contributed by atoms with Crippen LogP contribution in [-0.4, -0.2) is 11.2 Å². The van der Waals surface area contributed by atoms with Gasteiger partial charge in [0.2, 0.25) is 0 Å². The summed E-state index contributed by atoms with van der Waals surface area (Å²) in [6.45, 7) is 2.09. The molecule has 3 atom stereocenters. The molecule has 0 bridgehead atoms. The van der Waals surface area contributed by atoms with E-state index in [1.54, 1.807) is 0 Å². The molecule has 0 saturated heterocycles. The number of aliphatic hydroxyl groups is 1. The minimum Gasteiger partial charge on any atom is -0.490 e. The summed E-state index contributed by atoms with van der Waals surface area (Å²) in [5.74, 6) is 1.18. The minimum absolute atomic E-state index is 0.178. The van der Waals surface area contributed by atoms with Crippen LogP contribution in [0.4, 0.5) is 0 Å². The van der Waals surface area contributed by atoms with Gasteiger partial charge >= 0.3 is 0 Å². The highest BCUT2D eigenvalue weighted by Gasteiger charge is 2.27. The molecule has 1 N–H and O–H groups in total. The summed E-state index contributed by atoms with van der Waals surface area (Å²) in [5, 5.41) is 10.4. The van der Waals surface area contributed by atoms with E-state index in [9.17, 15) is 5.11 Å². The van der Waals surface area contributed by atoms with E-state index < -0.39 is 6.10 Å². The fourth-order valence-electron chi connectivity index (χ4n) is 2.91. The molecule has 0 fully saturated rings. The molecule has 2 nitrogen and oxygen atoms in total. The first-order valence-electron chi connectivity index (χ1n) is 7.21. The van der Waals surface area contributed by atoms with Gasteiger partial charge in [-0.3, -0.25) is 0 Å². The molecule has 0 radical (unpaired) electrons. The molecule has 0 aliphatic carbocycles. The summed E-state index contributed by atoms with van der Waals surface area (Å²) in [5.41, 5.74) is 2.26. The van der Waals surface area contributed by atoms with Gasteiger partial charge in [0.05, 0.1) is 6.10 Å². The average molecular weight is 268 g/mol. The molecule has 0 saturated carbocycles. The topological polar surface area (TPSA) is 29.5 Å². The molecule has 3 unspecified atom stereocenters. The Balaban J connectivity index is 1.62. The fourth-order valence-corrected chi connectivity index (χ4v) is 2.91. The van der Waals surface area contributed by atoms with Crippen molar-refractivity contribution in [1.82, 2.24) is 0 Å². The van der Waals surface area contributed by atoms with E-state index in [2.05, 4.69) is 13.0 Å². The van der Waals surface area contributed by atoms with E-state index in [0.717, 1.165) is 24.2 Å². The minimum atomic E-state index is -0.427. The van der Waals surface area contributed by atoms with E-state index in [1.165, 1.54) is 5.56 Å². The van der Waals surface area contributed by atoms with E-state index in [-0.39, 0.29) is 12.0 Å². The molecule has 1 aliphatic heterocycles. The zero-order chi connectivity index (χ0) is 13.9. The van der Waals surface area contributed by atoms with Gasteiger partial charge in [0.1, 0.15) is 11.9 Å². The Bertz CT molecular complexity index is 540. The maximum atomic E-state index is 10.4. The molecule has 1 aliphatic rings. The Hall–Kier alpha value is -1.80. The predicted molar refractivity (Wildman–Crippen MR) is 79.7 cm³/mol. The van der Waals surface area contributed by atoms with Crippen LogP contribution in [0.2, 0.25) is 0 Å². The summed E-state index contributed by atoms with van der Waals surface area (Å²) >= 11 is 0. The molecule has 0 aromatic heterocycles. The van der Waals surface area contributed by atoms with Crippen molar-refractivity contribution in [3.8, 4) is 5.75 Å². The van der Waals surface area contributed by atoms with Crippen molar-refractivity contribution in [3.63, 3.8) is 0 Å². The molecule has 104 valence electrons. The van der Waals surface area contributed by atoms with Gasteiger partial charge in [-0.05, 0) is 29.5 Å². The third-order valence-electron chi connectivity index (χ3n) is 4.03. The summed E-state index contributed by atoms with van der Waals surface area (Å²) in [4.78, 5) is 0. The van der Waals surface area contributed by atoms with Crippen molar-refractivity contribution in [2.24, 2.45) is 5.92 Å². The van der Waals surface area contributed by atoms with Gasteiger partial charge in [-0.25, -0.2) is 0 Å². The molecule has 20 heavy (non-hydrogen) atoms. The summed E-state index contributed by atoms with van der Waals surface area (Å²) in [7, 11) is 0. The highest BCUT2D eigenvalue weighted by Crippen LogP contribution is 2.33. The maximum absolute atomic E-state index is 10.4. The Morgan fingerprint density at radius 1 is 1.10 bits per heavy atom. The number of fused-ring (bicyclic) bond motifs is 1. The normalized spacial score (nSPS) is 20.0. The van der Waals surface area contributed by atoms with Crippen LogP contribution in [0.1, 0.15) is 30.6 Å². The average Bonchev–Trinajstić information content (AvgIpc) is 2.89. The monoisotopic (exact) mass is 268 g/mol. The Morgan fingerprint density at radius 2 is 1.80 bits per heavy atom. The lowest BCUT2D eigenvalue weighted by molar-refractivity contribution is 0.0845. The third kappa shape index (κ3) is 2.70. The standard InChI is InChI=1S/C18H20O2/c1-13(18(19)14-7-3-2-4-8-14)11-16-12-15-9-5-6-10-17(15)20-16/h2-10,13,16,18-19H,11-12H2,1H3. The van der Waals surface area contributed by atoms with Crippen molar-refractivity contribution in [1.29, 1.82) is 0 Å². The van der Waals surface area contributed by atoms with Gasteiger partial charge in [-0.2, -0.15) is 0 Å². The molecule has 2 aromatic rings. The lowest BCUT2D eigenvalue weighted by Gasteiger charge is -2.22. The molecular weight excluding hydrogens is 248 g/mol. The summed E-state index contributed by atoms with van der Waals surface area (Å²) < 4.78 is 5.95. The molecule has 2 heteroatoms. The Kier molecular flexibility index (Phi) is 3.75. The van der Waals surface area contributed by atoms with Crippen LogP contribution in [0, 0.1) is 5.92 Å². The van der Waals surface area contributed by atoms with E-state index in [1.807, 2.05) is 48.5 Å². The number of para-hydroxylation sites is 1. The highest BCUT2D eigenvalue weighted by atomic mass is 16.5. The quantitative estimate of drug-likeness (QED) is 0.915. The molecule has 0 amide bonds. The lowest BCUT2D eigenvalue weighted by atomic mass is 9.91. The number of ether oxygens (including phenoxy) is 1. The van der Waals surface area contributed by atoms with Gasteiger partial charge < -0.3 is 9.84 Å². The van der Waals surface area contributed by atoms with Gasteiger partial charge in [0.25, 0.3) is 0 Å². The molecule has 3 rings (SSSR count). The van der Waals surface area contributed by atoms with Crippen molar-refractivity contribution in [2.75, 3.05) is 0 Å². The highest BCUT2D eigenvalue weighted by molar-refractivity contribution is 5.37. The van der Waals surface area contributed by atoms with Crippen LogP contribution in [-0.2, 0) is 6.42 Å². The van der Waals surface area contributed by atoms with E-state index in [0.29, 0.717) is 0 Å². The van der Waals surface area contributed by atoms with Crippen molar-refractivity contribution in [3.05, 3.63) is 65.7 Å². The van der Waals surface area contributed by atoms with E-state index >= 15 is 0 Å². The second-order valence-corrected chi connectivity index (χ2v) is 5.62. The Morgan fingerprint density at radius 3 is 2.55 bits per heavy atom. The lowest BCUT2D eigenvalue weighted by Crippen LogP contribution is -2.20. The van der Waals surface area contributed by atoms with Crippen LogP contribution in [0.3, 0.4) is 0 Å². The van der Waals surface area contributed by atoms with E-state index in [4.69, 9.17) is 4.74 Å². The fraction of sp³-hybridized carbons (Fsp3) is 0.333. The van der Waals surface area contributed by atoms with Crippen LogP contribution < -0.4 is 4.74 Å². The first-order chi connectivity index (χ1) is 9.74. The van der Waals surface area contributed by atoms with Crippen LogP contribution in [0.15, 0.2) is 54.6 Å². The maximum Gasteiger partial charge on any atom is 0.123 e. The smallest absolute Gasteiger partial charge is 0.123 e. The van der Waals surface area contributed by atoms with Gasteiger partial charge in [-0.15, -0.1) is 0 Å². The zero-order valence-corrected chi connectivity index (χ0v) is 11.7. The van der Waals surface area contributed by atoms with Gasteiger partial charge in [0.15, 0.2) is 0 Å². The largest absolute Gasteiger partial charge is 0.490 e. The van der Waals surface area contributed by atoms with Crippen LogP contribution in [0.25, 0.3) is 0 Å². The Labute approximate surface area is 120 Å². The first-order valence-corrected chi connectivity index (χ1v) is 7.21. The summed E-state index contributed by atoms with van der Waals surface area (Å²) in [6, 6.07) is 18.0. The molecule has 1 heterocycles. The SMILES string of the molecule is CC(CC1Cc2ccccc2O1)C(O)c1ccccc1. The number of benzene rings is 2. The number of aliphatic hydroxyl groups excluding tert-OH is 1. The van der Waals surface area contributed by atoms with Crippen molar-refractivity contribution >= 4 is 0 Å². The molecular formula is C18H20O2. The first kappa shape index (κ1) is 13.2. The number of hydrogen-bond acceptors (Lipinski definition) is 2. The summed E-state index contributed by atoms with van der Waals surface area (Å²) in [6.07, 6.45) is 1.57. The number of hydrogen-bond donors (Lipinski definition) is 1. The second-order valence-electron chi connectivity index (χ2n) is 5.62. The zero-order valence-electron chi connectivity index (χ0n) is 11.7. The third-order valence-corrected chi connectivity index (χ3v) is 4.03. The number of rotatable bonds is 4. The second kappa shape index (κ2) is 5.68. The molecule has 2 aromatic carbocycles. The predicted octanol–water partition coefficient (Wildman–Crippen LogP) is 3.75. The van der Waals surface area contributed by atoms with Crippen molar-refractivity contribution < 1.29 is 9.84 Å². The van der Waals surface area contributed by atoms with Crippen LogP contribution >= 0.6 is 0 Å². The van der Waals surface area contributed by atoms with Crippen molar-refractivity contribution in [2.45, 2.75) is 32.0 Å². The van der Waals surface area contributed by atoms with Gasteiger partial charge in [-0.1, -0.05) is 55.5 Å². The van der Waals surface area contributed by atoms with Crippen LogP contribution in [0.5, 0.6) is 5.75 Å². The molecule has 0 spiro atoms. The van der Waals surface area contributed by atoms with Gasteiger partial charge in [0, 0.05) is 6.42 Å².